The maximum absolute atomic E-state index is 11.3. The van der Waals surface area contributed by atoms with Gasteiger partial charge in [0.25, 0.3) is 5.91 Å². The van der Waals surface area contributed by atoms with E-state index in [2.05, 4.69) is 12.2 Å². The smallest absolute Gasteiger partial charge is 0.253 e. The Morgan fingerprint density at radius 3 is 2.50 bits per heavy atom. The number of aliphatic hydroxyl groups excluding tert-OH is 1. The minimum Gasteiger partial charge on any atom is -0.376 e. The standard InChI is InChI=1S/C13H19NO2/c1-2-3-4-5-11-6-8-12(9-7-11)13(16)14-10-15/h6-9,15H,2-5,10H2,1H3,(H,14,16). The van der Waals surface area contributed by atoms with Crippen LogP contribution in [0.3, 0.4) is 0 Å². The lowest BCUT2D eigenvalue weighted by Gasteiger charge is -2.04. The van der Waals surface area contributed by atoms with Crippen LogP contribution in [-0.4, -0.2) is 17.7 Å². The monoisotopic (exact) mass is 221 g/mol. The second-order valence-corrected chi connectivity index (χ2v) is 3.82. The van der Waals surface area contributed by atoms with Gasteiger partial charge < -0.3 is 10.4 Å². The molecule has 2 N–H and O–H groups in total. The summed E-state index contributed by atoms with van der Waals surface area (Å²) in [4.78, 5) is 11.3. The summed E-state index contributed by atoms with van der Waals surface area (Å²) in [7, 11) is 0. The van der Waals surface area contributed by atoms with E-state index >= 15 is 0 Å². The molecule has 1 rings (SSSR count). The van der Waals surface area contributed by atoms with Crippen LogP contribution in [0.1, 0.15) is 42.1 Å². The molecule has 3 nitrogen and oxygen atoms in total. The molecule has 0 aliphatic heterocycles. The first-order chi connectivity index (χ1) is 7.77. The first-order valence-corrected chi connectivity index (χ1v) is 5.76. The van der Waals surface area contributed by atoms with E-state index in [9.17, 15) is 4.79 Å². The molecule has 0 spiro atoms. The fourth-order valence-corrected chi connectivity index (χ4v) is 1.58. The zero-order chi connectivity index (χ0) is 11.8. The van der Waals surface area contributed by atoms with Gasteiger partial charge in [-0.15, -0.1) is 0 Å². The molecule has 3 heteroatoms. The van der Waals surface area contributed by atoms with Gasteiger partial charge in [0.2, 0.25) is 0 Å². The number of hydrogen-bond donors (Lipinski definition) is 2. The molecule has 0 aliphatic rings. The minimum absolute atomic E-state index is 0.234. The molecule has 16 heavy (non-hydrogen) atoms. The summed E-state index contributed by atoms with van der Waals surface area (Å²) in [5.74, 6) is -0.234. The highest BCUT2D eigenvalue weighted by molar-refractivity contribution is 5.94. The third kappa shape index (κ3) is 4.03. The number of aryl methyl sites for hydroxylation is 1. The zero-order valence-corrected chi connectivity index (χ0v) is 9.70. The van der Waals surface area contributed by atoms with Gasteiger partial charge in [-0.2, -0.15) is 0 Å². The Labute approximate surface area is 96.5 Å². The van der Waals surface area contributed by atoms with Crippen LogP contribution in [0.5, 0.6) is 0 Å². The van der Waals surface area contributed by atoms with Crippen molar-refractivity contribution in [2.24, 2.45) is 0 Å². The van der Waals surface area contributed by atoms with Crippen LogP contribution in [0.15, 0.2) is 24.3 Å². The van der Waals surface area contributed by atoms with Gasteiger partial charge in [-0.3, -0.25) is 4.79 Å². The van der Waals surface area contributed by atoms with Gasteiger partial charge in [-0.25, -0.2) is 0 Å². The van der Waals surface area contributed by atoms with Crippen molar-refractivity contribution in [3.05, 3.63) is 35.4 Å². The molecule has 0 heterocycles. The Morgan fingerprint density at radius 2 is 1.94 bits per heavy atom. The van der Waals surface area contributed by atoms with Crippen molar-refractivity contribution in [3.63, 3.8) is 0 Å². The van der Waals surface area contributed by atoms with Crippen LogP contribution in [0.2, 0.25) is 0 Å². The summed E-state index contributed by atoms with van der Waals surface area (Å²) in [5, 5.41) is 10.9. The molecule has 0 unspecified atom stereocenters. The van der Waals surface area contributed by atoms with Crippen molar-refractivity contribution < 1.29 is 9.90 Å². The molecule has 1 aromatic rings. The number of nitrogens with one attached hydrogen (secondary N) is 1. The Hall–Kier alpha value is -1.35. The van der Waals surface area contributed by atoms with Crippen molar-refractivity contribution in [1.29, 1.82) is 0 Å². The van der Waals surface area contributed by atoms with Gasteiger partial charge in [0, 0.05) is 5.56 Å². The van der Waals surface area contributed by atoms with Gasteiger partial charge in [0.05, 0.1) is 0 Å². The van der Waals surface area contributed by atoms with Crippen LogP contribution >= 0.6 is 0 Å². The summed E-state index contributed by atoms with van der Waals surface area (Å²) in [6.45, 7) is 1.86. The predicted octanol–water partition coefficient (Wildman–Crippen LogP) is 2.10. The van der Waals surface area contributed by atoms with Crippen molar-refractivity contribution in [2.45, 2.75) is 32.6 Å². The number of aliphatic hydroxyl groups is 1. The number of unbranched alkanes of at least 4 members (excludes halogenated alkanes) is 2. The fourth-order valence-electron chi connectivity index (χ4n) is 1.58. The molecule has 0 aromatic heterocycles. The molecule has 88 valence electrons. The van der Waals surface area contributed by atoms with E-state index in [1.807, 2.05) is 12.1 Å². The highest BCUT2D eigenvalue weighted by Crippen LogP contribution is 2.08. The van der Waals surface area contributed by atoms with E-state index < -0.39 is 0 Å². The van der Waals surface area contributed by atoms with Crippen LogP contribution in [-0.2, 0) is 6.42 Å². The van der Waals surface area contributed by atoms with E-state index in [1.54, 1.807) is 12.1 Å². The molecule has 0 radical (unpaired) electrons. The quantitative estimate of drug-likeness (QED) is 0.571. The Kier molecular flexibility index (Phi) is 5.57. The second kappa shape index (κ2) is 7.01. The Bertz CT molecular complexity index is 319. The van der Waals surface area contributed by atoms with E-state index in [4.69, 9.17) is 5.11 Å². The highest BCUT2D eigenvalue weighted by Gasteiger charge is 2.03. The maximum atomic E-state index is 11.3. The first kappa shape index (κ1) is 12.7. The number of hydrogen-bond acceptors (Lipinski definition) is 2. The number of carbonyl (C=O) groups excluding carboxylic acids is 1. The lowest BCUT2D eigenvalue weighted by molar-refractivity contribution is 0.0910. The van der Waals surface area contributed by atoms with Crippen molar-refractivity contribution in [2.75, 3.05) is 6.73 Å². The second-order valence-electron chi connectivity index (χ2n) is 3.82. The molecule has 0 fully saturated rings. The molecular weight excluding hydrogens is 202 g/mol. The summed E-state index contributed by atoms with van der Waals surface area (Å²) in [5.41, 5.74) is 1.85. The summed E-state index contributed by atoms with van der Waals surface area (Å²) in [6, 6.07) is 7.54. The number of rotatable bonds is 6. The van der Waals surface area contributed by atoms with Gasteiger partial charge >= 0.3 is 0 Å². The van der Waals surface area contributed by atoms with Crippen molar-refractivity contribution in [1.82, 2.24) is 5.32 Å². The molecule has 0 aliphatic carbocycles. The van der Waals surface area contributed by atoms with E-state index in [0.29, 0.717) is 5.56 Å². The van der Waals surface area contributed by atoms with E-state index in [1.165, 1.54) is 24.8 Å². The predicted molar refractivity (Wildman–Crippen MR) is 64.2 cm³/mol. The van der Waals surface area contributed by atoms with Crippen LogP contribution in [0.4, 0.5) is 0 Å². The molecule has 1 amide bonds. The minimum atomic E-state index is -0.322. The van der Waals surface area contributed by atoms with E-state index in [0.717, 1.165) is 6.42 Å². The van der Waals surface area contributed by atoms with Crippen molar-refractivity contribution in [3.8, 4) is 0 Å². The van der Waals surface area contributed by atoms with Crippen LogP contribution in [0.25, 0.3) is 0 Å². The van der Waals surface area contributed by atoms with Crippen LogP contribution in [0, 0.1) is 0 Å². The van der Waals surface area contributed by atoms with Crippen LogP contribution < -0.4 is 5.32 Å². The van der Waals surface area contributed by atoms with Gasteiger partial charge in [-0.05, 0) is 30.5 Å². The molecule has 1 aromatic carbocycles. The molecular formula is C13H19NO2. The molecule has 0 atom stereocenters. The Morgan fingerprint density at radius 1 is 1.25 bits per heavy atom. The highest BCUT2D eigenvalue weighted by atomic mass is 16.3. The lowest BCUT2D eigenvalue weighted by atomic mass is 10.1. The topological polar surface area (TPSA) is 49.3 Å². The molecule has 0 bridgehead atoms. The Balaban J connectivity index is 2.50. The van der Waals surface area contributed by atoms with Gasteiger partial charge in [-0.1, -0.05) is 31.9 Å². The average Bonchev–Trinajstić information content (AvgIpc) is 2.30. The third-order valence-electron chi connectivity index (χ3n) is 2.52. The number of benzene rings is 1. The average molecular weight is 221 g/mol. The van der Waals surface area contributed by atoms with E-state index in [-0.39, 0.29) is 12.6 Å². The van der Waals surface area contributed by atoms with Crippen molar-refractivity contribution >= 4 is 5.91 Å². The largest absolute Gasteiger partial charge is 0.376 e. The number of carbonyl (C=O) groups is 1. The first-order valence-electron chi connectivity index (χ1n) is 5.76. The van der Waals surface area contributed by atoms with Gasteiger partial charge in [0.15, 0.2) is 0 Å². The normalized spacial score (nSPS) is 10.1. The molecule has 0 saturated heterocycles. The maximum Gasteiger partial charge on any atom is 0.253 e. The third-order valence-corrected chi connectivity index (χ3v) is 2.52. The zero-order valence-electron chi connectivity index (χ0n) is 9.70. The summed E-state index contributed by atoms with van der Waals surface area (Å²) in [6.07, 6.45) is 4.72. The number of amides is 1. The molecule has 0 saturated carbocycles. The lowest BCUT2D eigenvalue weighted by Crippen LogP contribution is -2.23. The SMILES string of the molecule is CCCCCc1ccc(C(=O)NCO)cc1. The summed E-state index contributed by atoms with van der Waals surface area (Å²) < 4.78 is 0. The summed E-state index contributed by atoms with van der Waals surface area (Å²) >= 11 is 0. The van der Waals surface area contributed by atoms with Gasteiger partial charge in [0.1, 0.15) is 6.73 Å². The fraction of sp³-hybridized carbons (Fsp3) is 0.462.